The highest BCUT2D eigenvalue weighted by molar-refractivity contribution is 5.92. The maximum Gasteiger partial charge on any atom is 0.246 e. The number of amides is 1. The van der Waals surface area contributed by atoms with Gasteiger partial charge in [-0.25, -0.2) is 4.98 Å². The van der Waals surface area contributed by atoms with Crippen LogP contribution in [0.25, 0.3) is 11.8 Å². The van der Waals surface area contributed by atoms with Crippen LogP contribution in [0.4, 0.5) is 0 Å². The van der Waals surface area contributed by atoms with Crippen LogP contribution in [0, 0.1) is 0 Å². The standard InChI is InChI=1S/C18H22N4O/c1-19-13-17-3-2-11-22(17)18(23)9-6-15-4-7-16(8-5-15)21-12-10-20-14-21/h4-10,12,14,17,19H,2-3,11,13H2,1H3. The highest BCUT2D eigenvalue weighted by atomic mass is 16.2. The zero-order valence-electron chi connectivity index (χ0n) is 13.4. The minimum absolute atomic E-state index is 0.0986. The monoisotopic (exact) mass is 310 g/mol. The summed E-state index contributed by atoms with van der Waals surface area (Å²) in [7, 11) is 1.93. The first kappa shape index (κ1) is 15.5. The van der Waals surface area contributed by atoms with Gasteiger partial charge in [0.05, 0.1) is 6.33 Å². The van der Waals surface area contributed by atoms with Crippen molar-refractivity contribution in [1.82, 2.24) is 19.8 Å². The van der Waals surface area contributed by atoms with Crippen LogP contribution in [-0.2, 0) is 4.79 Å². The van der Waals surface area contributed by atoms with Gasteiger partial charge in [-0.2, -0.15) is 0 Å². The predicted octanol–water partition coefficient (Wildman–Crippen LogP) is 2.10. The Morgan fingerprint density at radius 3 is 2.91 bits per heavy atom. The summed E-state index contributed by atoms with van der Waals surface area (Å²) < 4.78 is 1.95. The third kappa shape index (κ3) is 3.68. The van der Waals surface area contributed by atoms with E-state index in [4.69, 9.17) is 0 Å². The number of carbonyl (C=O) groups is 1. The van der Waals surface area contributed by atoms with E-state index >= 15 is 0 Å². The van der Waals surface area contributed by atoms with Crippen molar-refractivity contribution in [1.29, 1.82) is 0 Å². The van der Waals surface area contributed by atoms with Gasteiger partial charge in [-0.05, 0) is 43.7 Å². The molecule has 5 heteroatoms. The smallest absolute Gasteiger partial charge is 0.246 e. The van der Waals surface area contributed by atoms with Gasteiger partial charge in [-0.3, -0.25) is 4.79 Å². The lowest BCUT2D eigenvalue weighted by atomic mass is 10.2. The number of rotatable bonds is 5. The summed E-state index contributed by atoms with van der Waals surface area (Å²) in [5.74, 6) is 0.0986. The van der Waals surface area contributed by atoms with Crippen LogP contribution in [0.2, 0.25) is 0 Å². The predicted molar refractivity (Wildman–Crippen MR) is 91.3 cm³/mol. The molecule has 1 atom stereocenters. The van der Waals surface area contributed by atoms with Crippen LogP contribution < -0.4 is 5.32 Å². The number of hydrogen-bond donors (Lipinski definition) is 1. The Morgan fingerprint density at radius 2 is 2.22 bits per heavy atom. The largest absolute Gasteiger partial charge is 0.335 e. The molecule has 1 amide bonds. The maximum absolute atomic E-state index is 12.4. The van der Waals surface area contributed by atoms with Crippen molar-refractivity contribution in [2.45, 2.75) is 18.9 Å². The van der Waals surface area contributed by atoms with E-state index in [9.17, 15) is 4.79 Å². The molecule has 1 aromatic carbocycles. The lowest BCUT2D eigenvalue weighted by Crippen LogP contribution is -2.39. The van der Waals surface area contributed by atoms with Crippen molar-refractivity contribution >= 4 is 12.0 Å². The number of likely N-dealkylation sites (tertiary alicyclic amines) is 1. The zero-order chi connectivity index (χ0) is 16.1. The molecule has 0 bridgehead atoms. The fourth-order valence-electron chi connectivity index (χ4n) is 3.01. The quantitative estimate of drug-likeness (QED) is 0.861. The first-order chi connectivity index (χ1) is 11.3. The van der Waals surface area contributed by atoms with E-state index in [0.717, 1.165) is 37.2 Å². The van der Waals surface area contributed by atoms with Crippen LogP contribution in [0.15, 0.2) is 49.1 Å². The van der Waals surface area contributed by atoms with Gasteiger partial charge in [0.1, 0.15) is 0 Å². The van der Waals surface area contributed by atoms with Crippen molar-refractivity contribution in [3.8, 4) is 5.69 Å². The van der Waals surface area contributed by atoms with E-state index in [2.05, 4.69) is 10.3 Å². The summed E-state index contributed by atoms with van der Waals surface area (Å²) in [5.41, 5.74) is 2.08. The summed E-state index contributed by atoms with van der Waals surface area (Å²) in [6.07, 6.45) is 11.2. The topological polar surface area (TPSA) is 50.2 Å². The van der Waals surface area contributed by atoms with Crippen LogP contribution in [0.5, 0.6) is 0 Å². The van der Waals surface area contributed by atoms with Crippen LogP contribution in [0.3, 0.4) is 0 Å². The molecule has 1 unspecified atom stereocenters. The summed E-state index contributed by atoms with van der Waals surface area (Å²) in [5, 5.41) is 3.16. The number of carbonyl (C=O) groups excluding carboxylic acids is 1. The molecule has 23 heavy (non-hydrogen) atoms. The highest BCUT2D eigenvalue weighted by Crippen LogP contribution is 2.17. The molecule has 0 aliphatic carbocycles. The van der Waals surface area contributed by atoms with E-state index in [1.165, 1.54) is 0 Å². The lowest BCUT2D eigenvalue weighted by molar-refractivity contribution is -0.126. The molecule has 0 radical (unpaired) electrons. The molecule has 3 rings (SSSR count). The Bertz CT molecular complexity index is 661. The van der Waals surface area contributed by atoms with E-state index in [1.807, 2.05) is 53.1 Å². The minimum atomic E-state index is 0.0986. The molecule has 1 saturated heterocycles. The van der Waals surface area contributed by atoms with Crippen molar-refractivity contribution < 1.29 is 4.79 Å². The van der Waals surface area contributed by atoms with E-state index in [-0.39, 0.29) is 5.91 Å². The second kappa shape index (κ2) is 7.24. The average molecular weight is 310 g/mol. The molecule has 0 saturated carbocycles. The fourth-order valence-corrected chi connectivity index (χ4v) is 3.01. The van der Waals surface area contributed by atoms with E-state index in [0.29, 0.717) is 6.04 Å². The number of hydrogen-bond acceptors (Lipinski definition) is 3. The summed E-state index contributed by atoms with van der Waals surface area (Å²) in [4.78, 5) is 18.4. The summed E-state index contributed by atoms with van der Waals surface area (Å²) >= 11 is 0. The van der Waals surface area contributed by atoms with Crippen LogP contribution in [-0.4, -0.2) is 46.5 Å². The number of benzene rings is 1. The molecule has 1 aliphatic rings. The number of likely N-dealkylation sites (N-methyl/N-ethyl adjacent to an activating group) is 1. The van der Waals surface area contributed by atoms with Crippen molar-refractivity contribution in [3.63, 3.8) is 0 Å². The average Bonchev–Trinajstić information content (AvgIpc) is 3.25. The lowest BCUT2D eigenvalue weighted by Gasteiger charge is -2.23. The first-order valence-corrected chi connectivity index (χ1v) is 7.99. The minimum Gasteiger partial charge on any atom is -0.335 e. The van der Waals surface area contributed by atoms with Crippen LogP contribution >= 0.6 is 0 Å². The van der Waals surface area contributed by atoms with Crippen molar-refractivity contribution in [2.24, 2.45) is 0 Å². The fraction of sp³-hybridized carbons (Fsp3) is 0.333. The molecule has 120 valence electrons. The SMILES string of the molecule is CNCC1CCCN1C(=O)C=Cc1ccc(-n2ccnc2)cc1. The van der Waals surface area contributed by atoms with Gasteiger partial charge in [0.25, 0.3) is 0 Å². The van der Waals surface area contributed by atoms with Crippen LogP contribution in [0.1, 0.15) is 18.4 Å². The maximum atomic E-state index is 12.4. The normalized spacial score (nSPS) is 18.0. The second-order valence-corrected chi connectivity index (χ2v) is 5.78. The van der Waals surface area contributed by atoms with Crippen molar-refractivity contribution in [2.75, 3.05) is 20.1 Å². The Morgan fingerprint density at radius 1 is 1.39 bits per heavy atom. The molecule has 1 aliphatic heterocycles. The Kier molecular flexibility index (Phi) is 4.88. The second-order valence-electron chi connectivity index (χ2n) is 5.78. The molecular weight excluding hydrogens is 288 g/mol. The number of aromatic nitrogens is 2. The zero-order valence-corrected chi connectivity index (χ0v) is 13.4. The molecule has 1 N–H and O–H groups in total. The molecule has 2 heterocycles. The number of nitrogens with one attached hydrogen (secondary N) is 1. The Balaban J connectivity index is 1.64. The van der Waals surface area contributed by atoms with Gasteiger partial charge in [-0.1, -0.05) is 12.1 Å². The van der Waals surface area contributed by atoms with Gasteiger partial charge in [0, 0.05) is 43.3 Å². The Labute approximate surface area is 136 Å². The van der Waals surface area contributed by atoms with Gasteiger partial charge in [0.15, 0.2) is 0 Å². The van der Waals surface area contributed by atoms with E-state index in [1.54, 1.807) is 18.6 Å². The molecular formula is C18H22N4O. The van der Waals surface area contributed by atoms with Gasteiger partial charge in [-0.15, -0.1) is 0 Å². The summed E-state index contributed by atoms with van der Waals surface area (Å²) in [6, 6.07) is 8.38. The molecule has 1 fully saturated rings. The first-order valence-electron chi connectivity index (χ1n) is 7.99. The molecule has 2 aromatic rings. The van der Waals surface area contributed by atoms with Crippen molar-refractivity contribution in [3.05, 3.63) is 54.6 Å². The summed E-state index contributed by atoms with van der Waals surface area (Å²) in [6.45, 7) is 1.72. The molecule has 1 aromatic heterocycles. The number of imidazole rings is 1. The highest BCUT2D eigenvalue weighted by Gasteiger charge is 2.26. The third-order valence-corrected chi connectivity index (χ3v) is 4.21. The third-order valence-electron chi connectivity index (χ3n) is 4.21. The van der Waals surface area contributed by atoms with E-state index < -0.39 is 0 Å². The van der Waals surface area contributed by atoms with Gasteiger partial charge >= 0.3 is 0 Å². The molecule has 0 spiro atoms. The van der Waals surface area contributed by atoms with Gasteiger partial charge in [0.2, 0.25) is 5.91 Å². The Hall–Kier alpha value is -2.40. The number of nitrogens with zero attached hydrogens (tertiary/aromatic N) is 3. The van der Waals surface area contributed by atoms with Gasteiger partial charge < -0.3 is 14.8 Å². The molecule has 5 nitrogen and oxygen atoms in total.